The highest BCUT2D eigenvalue weighted by atomic mass is 35.5. The van der Waals surface area contributed by atoms with Crippen molar-refractivity contribution in [1.29, 1.82) is 0 Å². The molecule has 115 heavy (non-hydrogen) atoms. The average molecular weight is 1630 g/mol. The lowest BCUT2D eigenvalue weighted by atomic mass is 9.98. The number of fused-ring (bicyclic) bond motifs is 24. The Kier molecular flexibility index (Phi) is 16.9. The van der Waals surface area contributed by atoms with Crippen LogP contribution >= 0.6 is 91.8 Å². The van der Waals surface area contributed by atoms with Crippen molar-refractivity contribution in [1.82, 2.24) is 44.4 Å². The molecule has 14 aromatic carbocycles. The van der Waals surface area contributed by atoms with Crippen LogP contribution in [0.25, 0.3) is 219 Å². The van der Waals surface area contributed by atoms with E-state index >= 15 is 0 Å². The van der Waals surface area contributed by atoms with E-state index in [1.54, 1.807) is 45.3 Å². The van der Waals surface area contributed by atoms with Crippen LogP contribution in [0.15, 0.2) is 318 Å². The van der Waals surface area contributed by atoms with Gasteiger partial charge in [-0.15, -0.1) is 45.3 Å². The molecule has 0 amide bonds. The summed E-state index contributed by atoms with van der Waals surface area (Å²) in [7, 11) is 0. The van der Waals surface area contributed by atoms with Crippen molar-refractivity contribution >= 4 is 260 Å². The standard InChI is InChI=1S/C28H16ClN3S.C24H13ClN2S.2C22H11ClN2OS/c29-28-30-26(25-20-11-5-7-13-24(20)33-27(25)31-28)17-14-15-23-21(16-17)19-10-4-6-12-22(19)32(23)18-8-2-1-3-9-18;25-24-26-22(21-19-7-3-4-8-20(19)28-23(21)27-24)16-11-12-18-15(13-16)10-9-14-5-1-2-6-17(14)18;23-22-24-19(18-14-7-2-4-11-17(14)27-21(18)25-22)15-9-5-8-13-12-6-1-3-10-16(12)26-20(13)15;23-22-24-20(19-14-6-2-4-8-18(14)27-21(19)25-22)12-9-10-17-15(11-12)13-5-1-3-7-16(13)26-17/h1-16H;1-13H;2*1-11H. The second kappa shape index (κ2) is 28.2. The Morgan fingerprint density at radius 2 is 0.626 bits per heavy atom. The maximum absolute atomic E-state index is 6.38. The number of halogens is 4. The van der Waals surface area contributed by atoms with Crippen molar-refractivity contribution in [2.75, 3.05) is 0 Å². The number of aromatic nitrogens is 9. The van der Waals surface area contributed by atoms with Crippen LogP contribution in [0.2, 0.25) is 21.1 Å². The van der Waals surface area contributed by atoms with Crippen molar-refractivity contribution < 1.29 is 8.83 Å². The van der Waals surface area contributed by atoms with Gasteiger partial charge in [0.15, 0.2) is 0 Å². The summed E-state index contributed by atoms with van der Waals surface area (Å²) in [5.41, 5.74) is 14.4. The topological polar surface area (TPSA) is 134 Å². The molecule has 0 aliphatic carbocycles. The number of hydrogen-bond donors (Lipinski definition) is 0. The van der Waals surface area contributed by atoms with Crippen molar-refractivity contribution in [3.05, 3.63) is 331 Å². The average Bonchev–Trinajstić information content (AvgIpc) is 1.61. The molecule has 0 radical (unpaired) electrons. The zero-order valence-corrected chi connectivity index (χ0v) is 66.2. The lowest BCUT2D eigenvalue weighted by molar-refractivity contribution is 0.669. The molecule has 0 aliphatic rings. The van der Waals surface area contributed by atoms with E-state index in [2.05, 4.69) is 252 Å². The zero-order chi connectivity index (χ0) is 76.5. The Labute approximate surface area is 688 Å². The highest BCUT2D eigenvalue weighted by Crippen LogP contribution is 2.47. The number of rotatable bonds is 5. The largest absolute Gasteiger partial charge is 0.456 e. The summed E-state index contributed by atoms with van der Waals surface area (Å²) in [5, 5.41) is 21.6. The second-order valence-corrected chi connectivity index (χ2v) is 33.2. The van der Waals surface area contributed by atoms with Gasteiger partial charge in [-0.25, -0.2) is 39.9 Å². The van der Waals surface area contributed by atoms with Gasteiger partial charge in [-0.3, -0.25) is 0 Å². The minimum atomic E-state index is 0.247. The first kappa shape index (κ1) is 69.1. The van der Waals surface area contributed by atoms with Gasteiger partial charge in [0.25, 0.3) is 0 Å². The van der Waals surface area contributed by atoms with E-state index in [9.17, 15) is 0 Å². The quantitative estimate of drug-likeness (QED) is 0.121. The number of nitrogens with zero attached hydrogens (tertiary/aromatic N) is 9. The molecule has 11 heterocycles. The molecule has 0 saturated carbocycles. The van der Waals surface area contributed by atoms with Crippen LogP contribution in [0, 0.1) is 0 Å². The first-order chi connectivity index (χ1) is 56.6. The Bertz CT molecular complexity index is 8290. The van der Waals surface area contributed by atoms with Crippen molar-refractivity contribution in [3.63, 3.8) is 0 Å². The molecule has 0 atom stereocenters. The number of para-hydroxylation sites is 5. The summed E-state index contributed by atoms with van der Waals surface area (Å²) in [4.78, 5) is 40.1. The molecule has 19 heteroatoms. The first-order valence-corrected chi connectivity index (χ1v) is 41.6. The van der Waals surface area contributed by atoms with Crippen molar-refractivity contribution in [3.8, 4) is 50.7 Å². The normalized spacial score (nSPS) is 11.8. The number of furan rings is 2. The maximum Gasteiger partial charge on any atom is 0.224 e. The van der Waals surface area contributed by atoms with Gasteiger partial charge in [0, 0.05) is 122 Å². The molecule has 0 aliphatic heterocycles. The molecule has 25 rings (SSSR count). The van der Waals surface area contributed by atoms with Crippen molar-refractivity contribution in [2.24, 2.45) is 0 Å². The Morgan fingerprint density at radius 1 is 0.243 bits per heavy atom. The van der Waals surface area contributed by atoms with E-state index in [1.807, 2.05) is 97.1 Å². The van der Waals surface area contributed by atoms with E-state index < -0.39 is 0 Å². The van der Waals surface area contributed by atoms with Crippen LogP contribution in [-0.4, -0.2) is 44.4 Å². The molecule has 544 valence electrons. The summed E-state index contributed by atoms with van der Waals surface area (Å²) in [6.45, 7) is 0. The third-order valence-corrected chi connectivity index (χ3v) is 26.1. The molecule has 0 bridgehead atoms. The van der Waals surface area contributed by atoms with Gasteiger partial charge in [0.05, 0.1) is 33.8 Å². The third-order valence-electron chi connectivity index (χ3n) is 21.1. The molecule has 0 spiro atoms. The Balaban J connectivity index is 0.0000000936. The lowest BCUT2D eigenvalue weighted by Crippen LogP contribution is -1.93. The highest BCUT2D eigenvalue weighted by molar-refractivity contribution is 7.26. The molecule has 11 aromatic heterocycles. The van der Waals surface area contributed by atoms with Crippen molar-refractivity contribution in [2.45, 2.75) is 0 Å². The van der Waals surface area contributed by atoms with Gasteiger partial charge in [-0.1, -0.05) is 212 Å². The van der Waals surface area contributed by atoms with E-state index in [1.165, 1.54) is 62.0 Å². The van der Waals surface area contributed by atoms with Gasteiger partial charge in [-0.05, 0) is 165 Å². The predicted molar refractivity (Wildman–Crippen MR) is 485 cm³/mol. The van der Waals surface area contributed by atoms with Crippen LogP contribution in [-0.2, 0) is 0 Å². The predicted octanol–water partition coefficient (Wildman–Crippen LogP) is 29.9. The fourth-order valence-corrected chi connectivity index (χ4v) is 21.3. The molecule has 25 aromatic rings. The van der Waals surface area contributed by atoms with Crippen LogP contribution < -0.4 is 0 Å². The van der Waals surface area contributed by atoms with Gasteiger partial charge >= 0.3 is 0 Å². The van der Waals surface area contributed by atoms with Gasteiger partial charge in [0.1, 0.15) is 41.7 Å². The third kappa shape index (κ3) is 12.0. The monoisotopic (exact) mass is 1630 g/mol. The summed E-state index contributed by atoms with van der Waals surface area (Å²) < 4.78 is 19.2. The van der Waals surface area contributed by atoms with E-state index in [4.69, 9.17) is 60.2 Å². The highest BCUT2D eigenvalue weighted by Gasteiger charge is 2.24. The molecule has 0 fully saturated rings. The van der Waals surface area contributed by atoms with Crippen LogP contribution in [0.5, 0.6) is 0 Å². The van der Waals surface area contributed by atoms with E-state index in [-0.39, 0.29) is 21.1 Å². The number of thiophene rings is 4. The zero-order valence-electron chi connectivity index (χ0n) is 59.9. The Hall–Kier alpha value is -12.6. The molecule has 0 saturated heterocycles. The minimum Gasteiger partial charge on any atom is -0.456 e. The van der Waals surface area contributed by atoms with Gasteiger partial charge in [-0.2, -0.15) is 0 Å². The van der Waals surface area contributed by atoms with E-state index in [0.717, 1.165) is 157 Å². The van der Waals surface area contributed by atoms with Crippen LogP contribution in [0.4, 0.5) is 0 Å². The number of hydrogen-bond acceptors (Lipinski definition) is 14. The van der Waals surface area contributed by atoms with Gasteiger partial charge < -0.3 is 13.4 Å². The summed E-state index contributed by atoms with van der Waals surface area (Å²) >= 11 is 31.8. The molecular formula is C96H51Cl4N9O2S4. The molecule has 0 unspecified atom stereocenters. The molecule has 0 N–H and O–H groups in total. The molecule has 11 nitrogen and oxygen atoms in total. The van der Waals surface area contributed by atoms with Crippen LogP contribution in [0.1, 0.15) is 0 Å². The minimum absolute atomic E-state index is 0.247. The SMILES string of the molecule is Clc1nc(-c2ccc3c(c2)c2ccccc2n3-c2ccccc2)c2c(n1)sc1ccccc12.Clc1nc(-c2ccc3c(ccc4ccccc43)c2)c2c(n1)sc1ccccc12.Clc1nc(-c2ccc3oc4ccccc4c3c2)c2c(n1)sc1ccccc12.Clc1nc(-c2cccc3c2oc2ccccc23)c2c(n1)sc1ccccc12. The smallest absolute Gasteiger partial charge is 0.224 e. The fraction of sp³-hybridized carbons (Fsp3) is 0. The second-order valence-electron chi connectivity index (χ2n) is 27.7. The number of benzene rings is 14. The summed E-state index contributed by atoms with van der Waals surface area (Å²) in [6, 6.07) is 107. The lowest BCUT2D eigenvalue weighted by Gasteiger charge is -2.08. The first-order valence-electron chi connectivity index (χ1n) is 36.9. The molecular weight excluding hydrogens is 1580 g/mol. The maximum atomic E-state index is 6.38. The fourth-order valence-electron chi connectivity index (χ4n) is 16.2. The summed E-state index contributed by atoms with van der Waals surface area (Å²) in [5.74, 6) is 0. The Morgan fingerprint density at radius 3 is 1.19 bits per heavy atom. The van der Waals surface area contributed by atoms with Gasteiger partial charge in [0.2, 0.25) is 21.1 Å². The van der Waals surface area contributed by atoms with E-state index in [0.29, 0.717) is 0 Å². The van der Waals surface area contributed by atoms with Crippen LogP contribution in [0.3, 0.4) is 0 Å². The summed E-state index contributed by atoms with van der Waals surface area (Å²) in [6.07, 6.45) is 0.